The lowest BCUT2D eigenvalue weighted by molar-refractivity contribution is -0.207. The summed E-state index contributed by atoms with van der Waals surface area (Å²) in [6.07, 6.45) is 15.9. The Kier molecular flexibility index (Phi) is 3.89. The van der Waals surface area contributed by atoms with Crippen molar-refractivity contribution in [3.05, 3.63) is 35.1 Å². The molecule has 2 unspecified atom stereocenters. The summed E-state index contributed by atoms with van der Waals surface area (Å²) in [7, 11) is 0. The highest BCUT2D eigenvalue weighted by Gasteiger charge is 2.61. The molecule has 1 saturated heterocycles. The molecule has 2 heterocycles. The number of fused-ring (bicyclic) bond motifs is 6. The Hall–Kier alpha value is -1.02. The van der Waals surface area contributed by atoms with E-state index in [1.807, 2.05) is 0 Å². The van der Waals surface area contributed by atoms with E-state index in [0.717, 1.165) is 48.5 Å². The fraction of sp³-hybridized carbons (Fsp3) is 0.778. The van der Waals surface area contributed by atoms with Crippen LogP contribution in [-0.4, -0.2) is 12.4 Å². The summed E-state index contributed by atoms with van der Waals surface area (Å²) in [6, 6.07) is 0. The second-order valence-corrected chi connectivity index (χ2v) is 11.7. The van der Waals surface area contributed by atoms with Gasteiger partial charge in [-0.15, -0.1) is 0 Å². The summed E-state index contributed by atoms with van der Waals surface area (Å²) in [4.78, 5) is 0. The van der Waals surface area contributed by atoms with Gasteiger partial charge in [0.05, 0.1) is 6.61 Å². The molecule has 4 fully saturated rings. The third-order valence-electron chi connectivity index (χ3n) is 10.3. The number of hydrogen-bond donors (Lipinski definition) is 0. The summed E-state index contributed by atoms with van der Waals surface area (Å²) in [5.74, 6) is 3.75. The Balaban J connectivity index is 1.33. The van der Waals surface area contributed by atoms with E-state index in [-0.39, 0.29) is 5.41 Å². The van der Waals surface area contributed by atoms with Crippen molar-refractivity contribution >= 4 is 0 Å². The maximum atomic E-state index is 6.62. The molecule has 29 heavy (non-hydrogen) atoms. The van der Waals surface area contributed by atoms with Crippen LogP contribution in [0.3, 0.4) is 0 Å². The summed E-state index contributed by atoms with van der Waals surface area (Å²) in [5, 5.41) is 0. The van der Waals surface area contributed by atoms with Crippen molar-refractivity contribution in [3.63, 3.8) is 0 Å². The second-order valence-electron chi connectivity index (χ2n) is 11.7. The average molecular weight is 395 g/mol. The molecule has 0 aromatic rings. The lowest BCUT2D eigenvalue weighted by atomic mass is 9.46. The second kappa shape index (κ2) is 6.02. The summed E-state index contributed by atoms with van der Waals surface area (Å²) >= 11 is 0. The molecular formula is C27H38O2. The van der Waals surface area contributed by atoms with Crippen LogP contribution in [0.1, 0.15) is 85.0 Å². The molecule has 0 bridgehead atoms. The van der Waals surface area contributed by atoms with Gasteiger partial charge in [-0.1, -0.05) is 45.8 Å². The molecule has 4 aliphatic carbocycles. The van der Waals surface area contributed by atoms with Gasteiger partial charge < -0.3 is 9.47 Å². The molecule has 6 rings (SSSR count). The van der Waals surface area contributed by atoms with Gasteiger partial charge in [0.15, 0.2) is 0 Å². The Morgan fingerprint density at radius 1 is 1.00 bits per heavy atom. The molecular weight excluding hydrogens is 356 g/mol. The van der Waals surface area contributed by atoms with Crippen LogP contribution in [0.15, 0.2) is 35.1 Å². The Bertz CT molecular complexity index is 810. The smallest absolute Gasteiger partial charge is 0.237 e. The lowest BCUT2D eigenvalue weighted by Crippen LogP contribution is -2.50. The number of rotatable bonds is 0. The number of hydrogen-bond acceptors (Lipinski definition) is 2. The van der Waals surface area contributed by atoms with E-state index >= 15 is 0 Å². The quantitative estimate of drug-likeness (QED) is 0.443. The van der Waals surface area contributed by atoms with Crippen LogP contribution in [0, 0.1) is 34.5 Å². The molecule has 2 nitrogen and oxygen atoms in total. The first-order chi connectivity index (χ1) is 13.9. The molecule has 0 amide bonds. The highest BCUT2D eigenvalue weighted by molar-refractivity contribution is 5.59. The summed E-state index contributed by atoms with van der Waals surface area (Å²) in [6.45, 7) is 12.8. The Morgan fingerprint density at radius 2 is 1.86 bits per heavy atom. The van der Waals surface area contributed by atoms with Crippen molar-refractivity contribution in [2.75, 3.05) is 6.61 Å². The fourth-order valence-corrected chi connectivity index (χ4v) is 8.54. The topological polar surface area (TPSA) is 18.5 Å². The van der Waals surface area contributed by atoms with Crippen molar-refractivity contribution in [1.82, 2.24) is 0 Å². The molecule has 1 spiro atoms. The average Bonchev–Trinajstić information content (AvgIpc) is 3.15. The van der Waals surface area contributed by atoms with Gasteiger partial charge in [0.1, 0.15) is 5.76 Å². The van der Waals surface area contributed by atoms with Gasteiger partial charge >= 0.3 is 0 Å². The van der Waals surface area contributed by atoms with Crippen LogP contribution in [0.4, 0.5) is 0 Å². The van der Waals surface area contributed by atoms with Gasteiger partial charge in [-0.05, 0) is 80.1 Å². The Labute approximate surface area is 176 Å². The lowest BCUT2D eigenvalue weighted by Gasteiger charge is -2.58. The molecule has 0 aromatic heterocycles. The predicted octanol–water partition coefficient (Wildman–Crippen LogP) is 6.93. The minimum atomic E-state index is -0.563. The largest absolute Gasteiger partial charge is 0.458 e. The monoisotopic (exact) mass is 394 g/mol. The molecule has 2 heteroatoms. The van der Waals surface area contributed by atoms with Crippen molar-refractivity contribution in [2.45, 2.75) is 90.8 Å². The van der Waals surface area contributed by atoms with Gasteiger partial charge in [-0.3, -0.25) is 0 Å². The van der Waals surface area contributed by atoms with Crippen molar-refractivity contribution in [2.24, 2.45) is 34.5 Å². The molecule has 6 aliphatic rings. The van der Waals surface area contributed by atoms with Gasteiger partial charge in [0, 0.05) is 23.0 Å². The number of allylic oxidation sites excluding steroid dienone is 2. The van der Waals surface area contributed by atoms with Crippen LogP contribution < -0.4 is 0 Å². The van der Waals surface area contributed by atoms with Crippen LogP contribution in [-0.2, 0) is 9.47 Å². The minimum absolute atomic E-state index is 0.126. The Morgan fingerprint density at radius 3 is 2.66 bits per heavy atom. The van der Waals surface area contributed by atoms with Gasteiger partial charge in [0.25, 0.3) is 0 Å². The zero-order chi connectivity index (χ0) is 20.0. The third-order valence-corrected chi connectivity index (χ3v) is 10.3. The fourth-order valence-electron chi connectivity index (χ4n) is 8.54. The molecule has 7 atom stereocenters. The van der Waals surface area contributed by atoms with Gasteiger partial charge in [-0.2, -0.15) is 0 Å². The van der Waals surface area contributed by atoms with Crippen molar-refractivity contribution < 1.29 is 9.47 Å². The van der Waals surface area contributed by atoms with E-state index in [1.165, 1.54) is 56.9 Å². The van der Waals surface area contributed by atoms with Crippen molar-refractivity contribution in [3.8, 4) is 0 Å². The van der Waals surface area contributed by atoms with Crippen LogP contribution in [0.5, 0.6) is 0 Å². The zero-order valence-electron chi connectivity index (χ0n) is 18.7. The standard InChI is InChI=1S/C27H38O2/c1-17-10-14-27(28-16-17)18(2)24-23(29-27)15-22-20-9-8-19-7-5-6-12-25(19,3)21(20)11-13-26(22,24)4/h15,17,19-21H,2,5-14,16H2,1,3-4H3/t17?,19?,20-,21+,25+,26+,27-/m1/s1. The first kappa shape index (κ1) is 18.7. The van der Waals surface area contributed by atoms with Crippen LogP contribution >= 0.6 is 0 Å². The van der Waals surface area contributed by atoms with E-state index in [9.17, 15) is 0 Å². The minimum Gasteiger partial charge on any atom is -0.458 e. The van der Waals surface area contributed by atoms with E-state index in [2.05, 4.69) is 33.4 Å². The van der Waals surface area contributed by atoms with E-state index in [1.54, 1.807) is 5.57 Å². The first-order valence-electron chi connectivity index (χ1n) is 12.4. The first-order valence-corrected chi connectivity index (χ1v) is 12.4. The third kappa shape index (κ3) is 2.33. The zero-order valence-corrected chi connectivity index (χ0v) is 18.7. The van der Waals surface area contributed by atoms with Crippen LogP contribution in [0.2, 0.25) is 0 Å². The SMILES string of the molecule is C=C1C2=C(C=C3[C@@H]4CCC5CCCC[C@]5(C)[C@H]4CC[C@@]32C)O[C@]12CCC(C)CO2. The highest BCUT2D eigenvalue weighted by atomic mass is 16.7. The molecule has 0 aromatic carbocycles. The normalized spacial score (nSPS) is 51.1. The van der Waals surface area contributed by atoms with Crippen molar-refractivity contribution in [1.29, 1.82) is 0 Å². The van der Waals surface area contributed by atoms with Gasteiger partial charge in [-0.25, -0.2) is 0 Å². The predicted molar refractivity (Wildman–Crippen MR) is 116 cm³/mol. The summed E-state index contributed by atoms with van der Waals surface area (Å²) < 4.78 is 12.9. The van der Waals surface area contributed by atoms with Gasteiger partial charge in [0.2, 0.25) is 5.79 Å². The van der Waals surface area contributed by atoms with Crippen LogP contribution in [0.25, 0.3) is 0 Å². The molecule has 3 saturated carbocycles. The molecule has 0 radical (unpaired) electrons. The molecule has 158 valence electrons. The van der Waals surface area contributed by atoms with E-state index in [0.29, 0.717) is 11.3 Å². The summed E-state index contributed by atoms with van der Waals surface area (Å²) in [5.41, 5.74) is 4.92. The molecule has 2 aliphatic heterocycles. The van der Waals surface area contributed by atoms with E-state index in [4.69, 9.17) is 9.47 Å². The number of ether oxygens (including phenoxy) is 2. The maximum Gasteiger partial charge on any atom is 0.237 e. The molecule has 0 N–H and O–H groups in total. The maximum absolute atomic E-state index is 6.62. The highest BCUT2D eigenvalue weighted by Crippen LogP contribution is 2.68. The van der Waals surface area contributed by atoms with E-state index < -0.39 is 5.79 Å².